The number of thiophene rings is 1. The fraction of sp³-hybridized carbons (Fsp3) is 0.692. The number of halogens is 1. The van der Waals surface area contributed by atoms with Crippen molar-refractivity contribution in [3.05, 3.63) is 20.8 Å². The molecule has 2 rings (SSSR count). The number of rotatable bonds is 4. The smallest absolute Gasteiger partial charge is 0.0612 e. The Bertz CT molecular complexity index is 353. The van der Waals surface area contributed by atoms with Crippen LogP contribution in [0.15, 0.2) is 15.9 Å². The van der Waals surface area contributed by atoms with Crippen LogP contribution in [0.2, 0.25) is 0 Å². The van der Waals surface area contributed by atoms with Gasteiger partial charge in [-0.25, -0.2) is 0 Å². The molecule has 0 saturated carbocycles. The van der Waals surface area contributed by atoms with Crippen molar-refractivity contribution in [3.8, 4) is 0 Å². The van der Waals surface area contributed by atoms with Crippen LogP contribution < -0.4 is 5.32 Å². The number of hydrogen-bond donors (Lipinski definition) is 1. The number of ether oxygens (including phenoxy) is 1. The van der Waals surface area contributed by atoms with Gasteiger partial charge in [0.1, 0.15) is 0 Å². The van der Waals surface area contributed by atoms with Crippen molar-refractivity contribution in [2.24, 2.45) is 5.92 Å². The number of nitrogens with one attached hydrogen (secondary N) is 1. The van der Waals surface area contributed by atoms with E-state index >= 15 is 0 Å². The normalized spacial score (nSPS) is 25.4. The minimum absolute atomic E-state index is 0.424. The molecule has 17 heavy (non-hydrogen) atoms. The second kappa shape index (κ2) is 6.32. The van der Waals surface area contributed by atoms with E-state index in [4.69, 9.17) is 4.74 Å². The van der Waals surface area contributed by atoms with E-state index in [0.717, 1.165) is 26.0 Å². The summed E-state index contributed by atoms with van der Waals surface area (Å²) in [6.45, 7) is 6.34. The molecule has 2 atom stereocenters. The SMILES string of the molecule is CC(C)C1CC(NCc2sccc2Br)CCO1. The molecule has 2 unspecified atom stereocenters. The lowest BCUT2D eigenvalue weighted by molar-refractivity contribution is -0.0245. The lowest BCUT2D eigenvalue weighted by Crippen LogP contribution is -2.40. The summed E-state index contributed by atoms with van der Waals surface area (Å²) in [6, 6.07) is 2.72. The summed E-state index contributed by atoms with van der Waals surface area (Å²) in [4.78, 5) is 1.39. The minimum Gasteiger partial charge on any atom is -0.378 e. The third-order valence-corrected chi connectivity index (χ3v) is 5.23. The Morgan fingerprint density at radius 3 is 3.06 bits per heavy atom. The van der Waals surface area contributed by atoms with E-state index in [9.17, 15) is 0 Å². The number of hydrogen-bond acceptors (Lipinski definition) is 3. The Hall–Kier alpha value is 0.1000. The maximum absolute atomic E-state index is 5.78. The second-order valence-corrected chi connectivity index (χ2v) is 6.80. The molecule has 0 bridgehead atoms. The monoisotopic (exact) mass is 317 g/mol. The summed E-state index contributed by atoms with van der Waals surface area (Å²) in [7, 11) is 0. The molecule has 1 aliphatic heterocycles. The molecule has 2 heterocycles. The van der Waals surface area contributed by atoms with Gasteiger partial charge in [0.15, 0.2) is 0 Å². The first-order valence-electron chi connectivity index (χ1n) is 6.23. The van der Waals surface area contributed by atoms with E-state index in [1.165, 1.54) is 9.35 Å². The molecular formula is C13H20BrNOS. The molecule has 1 aromatic rings. The minimum atomic E-state index is 0.424. The molecule has 0 aromatic carbocycles. The Balaban J connectivity index is 1.81. The lowest BCUT2D eigenvalue weighted by atomic mass is 9.95. The molecule has 1 aromatic heterocycles. The van der Waals surface area contributed by atoms with Gasteiger partial charge < -0.3 is 10.1 Å². The van der Waals surface area contributed by atoms with Gasteiger partial charge in [0, 0.05) is 28.5 Å². The zero-order valence-corrected chi connectivity index (χ0v) is 12.8. The highest BCUT2D eigenvalue weighted by Crippen LogP contribution is 2.24. The molecule has 0 spiro atoms. The Labute approximate surface area is 116 Å². The highest BCUT2D eigenvalue weighted by Gasteiger charge is 2.24. The highest BCUT2D eigenvalue weighted by molar-refractivity contribution is 9.10. The van der Waals surface area contributed by atoms with Gasteiger partial charge in [-0.2, -0.15) is 0 Å². The molecule has 96 valence electrons. The van der Waals surface area contributed by atoms with Gasteiger partial charge in [0.2, 0.25) is 0 Å². The Morgan fingerprint density at radius 1 is 1.59 bits per heavy atom. The summed E-state index contributed by atoms with van der Waals surface area (Å²) in [5.41, 5.74) is 0. The van der Waals surface area contributed by atoms with Crippen LogP contribution in [-0.4, -0.2) is 18.8 Å². The predicted octanol–water partition coefficient (Wildman–Crippen LogP) is 3.80. The quantitative estimate of drug-likeness (QED) is 0.912. The average molecular weight is 318 g/mol. The Kier molecular flexibility index (Phi) is 5.03. The van der Waals surface area contributed by atoms with Gasteiger partial charge in [0.05, 0.1) is 6.10 Å². The van der Waals surface area contributed by atoms with Crippen molar-refractivity contribution in [3.63, 3.8) is 0 Å². The lowest BCUT2D eigenvalue weighted by Gasteiger charge is -2.32. The highest BCUT2D eigenvalue weighted by atomic mass is 79.9. The Morgan fingerprint density at radius 2 is 2.41 bits per heavy atom. The van der Waals surface area contributed by atoms with Crippen LogP contribution >= 0.6 is 27.3 Å². The summed E-state index contributed by atoms with van der Waals surface area (Å²) < 4.78 is 7.01. The van der Waals surface area contributed by atoms with Gasteiger partial charge in [0.25, 0.3) is 0 Å². The van der Waals surface area contributed by atoms with Crippen LogP contribution in [0.25, 0.3) is 0 Å². The summed E-state index contributed by atoms with van der Waals surface area (Å²) in [6.07, 6.45) is 2.69. The third-order valence-electron chi connectivity index (χ3n) is 3.30. The van der Waals surface area contributed by atoms with Crippen LogP contribution in [0.1, 0.15) is 31.6 Å². The average Bonchev–Trinajstić information content (AvgIpc) is 2.72. The zero-order valence-electron chi connectivity index (χ0n) is 10.4. The van der Waals surface area contributed by atoms with Gasteiger partial charge in [-0.3, -0.25) is 0 Å². The van der Waals surface area contributed by atoms with Crippen LogP contribution in [0.3, 0.4) is 0 Å². The van der Waals surface area contributed by atoms with E-state index in [1.54, 1.807) is 11.3 Å². The van der Waals surface area contributed by atoms with E-state index in [2.05, 4.69) is 46.5 Å². The fourth-order valence-electron chi connectivity index (χ4n) is 2.17. The predicted molar refractivity (Wildman–Crippen MR) is 76.5 cm³/mol. The molecule has 1 N–H and O–H groups in total. The maximum atomic E-state index is 5.78. The van der Waals surface area contributed by atoms with Crippen LogP contribution in [0, 0.1) is 5.92 Å². The summed E-state index contributed by atoms with van der Waals surface area (Å²) in [5, 5.41) is 5.78. The molecule has 2 nitrogen and oxygen atoms in total. The van der Waals surface area contributed by atoms with E-state index in [0.29, 0.717) is 18.1 Å². The maximum Gasteiger partial charge on any atom is 0.0612 e. The first-order valence-corrected chi connectivity index (χ1v) is 7.91. The van der Waals surface area contributed by atoms with Gasteiger partial charge in [-0.1, -0.05) is 13.8 Å². The molecule has 1 fully saturated rings. The van der Waals surface area contributed by atoms with Crippen molar-refractivity contribution in [1.82, 2.24) is 5.32 Å². The van der Waals surface area contributed by atoms with Crippen LogP contribution in [0.5, 0.6) is 0 Å². The third kappa shape index (κ3) is 3.78. The molecule has 0 radical (unpaired) electrons. The largest absolute Gasteiger partial charge is 0.378 e. The molecule has 0 aliphatic carbocycles. The van der Waals surface area contributed by atoms with Crippen molar-refractivity contribution in [2.75, 3.05) is 6.61 Å². The van der Waals surface area contributed by atoms with Crippen molar-refractivity contribution in [2.45, 2.75) is 45.4 Å². The van der Waals surface area contributed by atoms with E-state index in [1.807, 2.05) is 0 Å². The standard InChI is InChI=1S/C13H20BrNOS/c1-9(2)12-7-10(3-5-16-12)15-8-13-11(14)4-6-17-13/h4,6,9-10,12,15H,3,5,7-8H2,1-2H3. The van der Waals surface area contributed by atoms with Gasteiger partial charge >= 0.3 is 0 Å². The van der Waals surface area contributed by atoms with E-state index in [-0.39, 0.29) is 0 Å². The van der Waals surface area contributed by atoms with Gasteiger partial charge in [-0.15, -0.1) is 11.3 Å². The van der Waals surface area contributed by atoms with Crippen LogP contribution in [-0.2, 0) is 11.3 Å². The molecule has 0 amide bonds. The van der Waals surface area contributed by atoms with E-state index < -0.39 is 0 Å². The first kappa shape index (κ1) is 13.5. The van der Waals surface area contributed by atoms with Crippen molar-refractivity contribution >= 4 is 27.3 Å². The molecule has 1 aliphatic rings. The molecule has 4 heteroatoms. The topological polar surface area (TPSA) is 21.3 Å². The van der Waals surface area contributed by atoms with Crippen LogP contribution in [0.4, 0.5) is 0 Å². The fourth-order valence-corrected chi connectivity index (χ4v) is 3.61. The molecule has 1 saturated heterocycles. The molecular weight excluding hydrogens is 298 g/mol. The zero-order chi connectivity index (χ0) is 12.3. The van der Waals surface area contributed by atoms with Crippen molar-refractivity contribution in [1.29, 1.82) is 0 Å². The van der Waals surface area contributed by atoms with Gasteiger partial charge in [-0.05, 0) is 46.1 Å². The second-order valence-electron chi connectivity index (χ2n) is 4.95. The first-order chi connectivity index (χ1) is 8.16. The summed E-state index contributed by atoms with van der Waals surface area (Å²) >= 11 is 5.38. The summed E-state index contributed by atoms with van der Waals surface area (Å²) in [5.74, 6) is 0.619. The van der Waals surface area contributed by atoms with Crippen molar-refractivity contribution < 1.29 is 4.74 Å².